The lowest BCUT2D eigenvalue weighted by atomic mass is 10.3. The lowest BCUT2D eigenvalue weighted by molar-refractivity contribution is 0.103. The molecule has 3 nitrogen and oxygen atoms in total. The fraction of sp³-hybridized carbons (Fsp3) is 0.0909. The number of nitrogens with one attached hydrogen (secondary N) is 1. The Morgan fingerprint density at radius 2 is 2.29 bits per heavy atom. The van der Waals surface area contributed by atoms with Gasteiger partial charge in [0.15, 0.2) is 0 Å². The van der Waals surface area contributed by atoms with Crippen molar-refractivity contribution in [2.45, 2.75) is 6.92 Å². The van der Waals surface area contributed by atoms with Crippen LogP contribution in [-0.4, -0.2) is 10.9 Å². The first-order valence-corrected chi connectivity index (χ1v) is 6.79. The highest BCUT2D eigenvalue weighted by Gasteiger charge is 2.12. The Balaban J connectivity index is 2.19. The molecule has 0 atom stereocenters. The predicted octanol–water partition coefficient (Wildman–Crippen LogP) is 4.12. The van der Waals surface area contributed by atoms with E-state index in [1.54, 1.807) is 23.7 Å². The topological polar surface area (TPSA) is 42.0 Å². The molecule has 1 amide bonds. The molecule has 1 aromatic carbocycles. The third kappa shape index (κ3) is 2.86. The van der Waals surface area contributed by atoms with Crippen LogP contribution in [0.25, 0.3) is 0 Å². The summed E-state index contributed by atoms with van der Waals surface area (Å²) in [7, 11) is 0. The van der Waals surface area contributed by atoms with Gasteiger partial charge in [-0.15, -0.1) is 11.3 Å². The first-order chi connectivity index (χ1) is 8.08. The van der Waals surface area contributed by atoms with Crippen molar-refractivity contribution in [1.29, 1.82) is 0 Å². The van der Waals surface area contributed by atoms with Crippen LogP contribution in [0.4, 0.5) is 5.69 Å². The summed E-state index contributed by atoms with van der Waals surface area (Å²) in [6, 6.07) is 5.23. The molecule has 2 aromatic rings. The molecule has 1 N–H and O–H groups in total. The second-order valence-corrected chi connectivity index (χ2v) is 5.47. The molecule has 88 valence electrons. The molecule has 0 spiro atoms. The zero-order valence-corrected chi connectivity index (χ0v) is 12.0. The van der Waals surface area contributed by atoms with Gasteiger partial charge in [-0.2, -0.15) is 0 Å². The molecule has 0 radical (unpaired) electrons. The van der Waals surface area contributed by atoms with Crippen LogP contribution in [0.2, 0.25) is 5.02 Å². The highest BCUT2D eigenvalue weighted by molar-refractivity contribution is 9.10. The predicted molar refractivity (Wildman–Crippen MR) is 74.0 cm³/mol. The summed E-state index contributed by atoms with van der Waals surface area (Å²) >= 11 is 10.5. The molecule has 6 heteroatoms. The van der Waals surface area contributed by atoms with E-state index in [9.17, 15) is 4.79 Å². The summed E-state index contributed by atoms with van der Waals surface area (Å²) in [5.41, 5.74) is 3.08. The highest BCUT2D eigenvalue weighted by Crippen LogP contribution is 2.26. The highest BCUT2D eigenvalue weighted by atomic mass is 79.9. The summed E-state index contributed by atoms with van der Waals surface area (Å²) in [4.78, 5) is 16.6. The maximum absolute atomic E-state index is 11.9. The molecule has 2 rings (SSSR count). The number of thiazole rings is 1. The SMILES string of the molecule is Cc1ncsc1C(=O)Nc1ccc(Cl)c(Br)c1. The van der Waals surface area contributed by atoms with Gasteiger partial charge in [-0.05, 0) is 41.1 Å². The number of anilines is 1. The summed E-state index contributed by atoms with van der Waals surface area (Å²) in [6.07, 6.45) is 0. The van der Waals surface area contributed by atoms with Crippen molar-refractivity contribution in [2.24, 2.45) is 0 Å². The van der Waals surface area contributed by atoms with E-state index in [2.05, 4.69) is 26.2 Å². The molecule has 17 heavy (non-hydrogen) atoms. The Kier molecular flexibility index (Phi) is 3.81. The van der Waals surface area contributed by atoms with Gasteiger partial charge in [-0.3, -0.25) is 4.79 Å². The quantitative estimate of drug-likeness (QED) is 0.899. The normalized spacial score (nSPS) is 10.3. The van der Waals surface area contributed by atoms with Gasteiger partial charge in [0.1, 0.15) is 4.88 Å². The minimum absolute atomic E-state index is 0.153. The molecule has 1 aromatic heterocycles. The molecule has 0 aliphatic carbocycles. The molecule has 0 aliphatic heterocycles. The van der Waals surface area contributed by atoms with Gasteiger partial charge in [-0.1, -0.05) is 11.6 Å². The Hall–Kier alpha value is -0.910. The summed E-state index contributed by atoms with van der Waals surface area (Å²) in [5, 5.41) is 3.40. The summed E-state index contributed by atoms with van der Waals surface area (Å²) < 4.78 is 0.748. The van der Waals surface area contributed by atoms with Crippen molar-refractivity contribution < 1.29 is 4.79 Å². The largest absolute Gasteiger partial charge is 0.321 e. The van der Waals surface area contributed by atoms with E-state index in [0.29, 0.717) is 15.6 Å². The fourth-order valence-corrected chi connectivity index (χ4v) is 2.48. The van der Waals surface area contributed by atoms with E-state index in [4.69, 9.17) is 11.6 Å². The number of benzene rings is 1. The van der Waals surface area contributed by atoms with Gasteiger partial charge in [0.25, 0.3) is 5.91 Å². The van der Waals surface area contributed by atoms with E-state index in [1.807, 2.05) is 6.92 Å². The molecule has 1 heterocycles. The van der Waals surface area contributed by atoms with Crippen LogP contribution in [0.5, 0.6) is 0 Å². The molecule has 0 saturated heterocycles. The molecule has 0 fully saturated rings. The van der Waals surface area contributed by atoms with Crippen LogP contribution in [0.1, 0.15) is 15.4 Å². The molecular formula is C11H8BrClN2OS. The second kappa shape index (κ2) is 5.16. The van der Waals surface area contributed by atoms with E-state index < -0.39 is 0 Å². The van der Waals surface area contributed by atoms with Crippen LogP contribution < -0.4 is 5.32 Å². The molecule has 0 saturated carbocycles. The Morgan fingerprint density at radius 3 is 2.88 bits per heavy atom. The zero-order valence-electron chi connectivity index (χ0n) is 8.83. The molecule has 0 unspecified atom stereocenters. The van der Waals surface area contributed by atoms with Crippen LogP contribution in [0.3, 0.4) is 0 Å². The lowest BCUT2D eigenvalue weighted by Crippen LogP contribution is -2.11. The second-order valence-electron chi connectivity index (χ2n) is 3.35. The zero-order chi connectivity index (χ0) is 12.4. The van der Waals surface area contributed by atoms with Gasteiger partial charge >= 0.3 is 0 Å². The Labute approximate surface area is 116 Å². The molecule has 0 bridgehead atoms. The maximum Gasteiger partial charge on any atom is 0.267 e. The molecule has 0 aliphatic rings. The summed E-state index contributed by atoms with van der Waals surface area (Å²) in [5.74, 6) is -0.153. The minimum Gasteiger partial charge on any atom is -0.321 e. The van der Waals surface area contributed by atoms with Crippen LogP contribution in [0.15, 0.2) is 28.2 Å². The van der Waals surface area contributed by atoms with Gasteiger partial charge in [0.05, 0.1) is 16.2 Å². The number of carbonyl (C=O) groups excluding carboxylic acids is 1. The number of nitrogens with zero attached hydrogens (tertiary/aromatic N) is 1. The fourth-order valence-electron chi connectivity index (χ4n) is 1.28. The monoisotopic (exact) mass is 330 g/mol. The first kappa shape index (κ1) is 12.5. The number of rotatable bonds is 2. The van der Waals surface area contributed by atoms with Crippen LogP contribution in [-0.2, 0) is 0 Å². The van der Waals surface area contributed by atoms with Crippen molar-refractivity contribution in [1.82, 2.24) is 4.98 Å². The van der Waals surface area contributed by atoms with E-state index >= 15 is 0 Å². The van der Waals surface area contributed by atoms with Gasteiger partial charge in [-0.25, -0.2) is 4.98 Å². The van der Waals surface area contributed by atoms with Crippen molar-refractivity contribution >= 4 is 50.5 Å². The van der Waals surface area contributed by atoms with Crippen molar-refractivity contribution in [2.75, 3.05) is 5.32 Å². The maximum atomic E-state index is 11.9. The van der Waals surface area contributed by atoms with E-state index in [-0.39, 0.29) is 5.91 Å². The smallest absolute Gasteiger partial charge is 0.267 e. The van der Waals surface area contributed by atoms with Crippen molar-refractivity contribution in [3.63, 3.8) is 0 Å². The van der Waals surface area contributed by atoms with Gasteiger partial charge in [0, 0.05) is 10.2 Å². The third-order valence-electron chi connectivity index (χ3n) is 2.13. The number of amides is 1. The number of carbonyl (C=O) groups is 1. The standard InChI is InChI=1S/C11H8BrClN2OS/c1-6-10(17-5-14-6)11(16)15-7-2-3-9(13)8(12)4-7/h2-5H,1H3,(H,15,16). The number of hydrogen-bond acceptors (Lipinski definition) is 3. The average Bonchev–Trinajstić information content (AvgIpc) is 2.70. The van der Waals surface area contributed by atoms with Crippen molar-refractivity contribution in [3.05, 3.63) is 43.8 Å². The lowest BCUT2D eigenvalue weighted by Gasteiger charge is -2.05. The average molecular weight is 332 g/mol. The van der Waals surface area contributed by atoms with Crippen LogP contribution >= 0.6 is 38.9 Å². The van der Waals surface area contributed by atoms with Gasteiger partial charge < -0.3 is 5.32 Å². The minimum atomic E-state index is -0.153. The molecular weight excluding hydrogens is 324 g/mol. The number of aromatic nitrogens is 1. The Morgan fingerprint density at radius 1 is 1.53 bits per heavy atom. The van der Waals surface area contributed by atoms with E-state index in [0.717, 1.165) is 10.2 Å². The summed E-state index contributed by atoms with van der Waals surface area (Å²) in [6.45, 7) is 1.81. The van der Waals surface area contributed by atoms with Gasteiger partial charge in [0.2, 0.25) is 0 Å². The number of aryl methyl sites for hydroxylation is 1. The Bertz CT molecular complexity index is 570. The third-order valence-corrected chi connectivity index (χ3v) is 4.27. The number of hydrogen-bond donors (Lipinski definition) is 1. The van der Waals surface area contributed by atoms with E-state index in [1.165, 1.54) is 11.3 Å². The van der Waals surface area contributed by atoms with Crippen molar-refractivity contribution in [3.8, 4) is 0 Å². The first-order valence-electron chi connectivity index (χ1n) is 4.74. The van der Waals surface area contributed by atoms with Crippen LogP contribution in [0, 0.1) is 6.92 Å². The number of halogens is 2.